The monoisotopic (exact) mass is 581 g/mol. The number of aliphatic hydroxyl groups excluding tert-OH is 1. The van der Waals surface area contributed by atoms with Crippen molar-refractivity contribution >= 4 is 23.6 Å². The van der Waals surface area contributed by atoms with Crippen LogP contribution >= 0.6 is 11.8 Å². The highest BCUT2D eigenvalue weighted by atomic mass is 32.2. The summed E-state index contributed by atoms with van der Waals surface area (Å²) in [6.45, 7) is 2.86. The Kier molecular flexibility index (Phi) is 9.92. The quantitative estimate of drug-likeness (QED) is 0.141. The molecule has 0 radical (unpaired) electrons. The summed E-state index contributed by atoms with van der Waals surface area (Å²) in [6, 6.07) is 35.7. The van der Waals surface area contributed by atoms with Gasteiger partial charge in [0.25, 0.3) is 5.91 Å². The van der Waals surface area contributed by atoms with Crippen LogP contribution in [-0.2, 0) is 22.5 Å². The van der Waals surface area contributed by atoms with Crippen LogP contribution in [0.25, 0.3) is 0 Å². The number of carbonyl (C=O) groups excluding carboxylic acids is 1. The molecule has 5 rings (SSSR count). The second-order valence-electron chi connectivity index (χ2n) is 10.0. The van der Waals surface area contributed by atoms with Gasteiger partial charge >= 0.3 is 0 Å². The molecule has 2 atom stereocenters. The molecule has 0 unspecified atom stereocenters. The third kappa shape index (κ3) is 7.20. The van der Waals surface area contributed by atoms with E-state index in [1.165, 1.54) is 0 Å². The Morgan fingerprint density at radius 3 is 2.38 bits per heavy atom. The van der Waals surface area contributed by atoms with E-state index in [2.05, 4.69) is 35.1 Å². The Balaban J connectivity index is 1.33. The summed E-state index contributed by atoms with van der Waals surface area (Å²) in [5, 5.41) is 8.98. The lowest BCUT2D eigenvalue weighted by Gasteiger charge is -2.28. The van der Waals surface area contributed by atoms with Crippen LogP contribution in [0.15, 0.2) is 124 Å². The molecule has 0 fully saturated rings. The molecule has 7 nitrogen and oxygen atoms in total. The van der Waals surface area contributed by atoms with Crippen LogP contribution in [0, 0.1) is 0 Å². The van der Waals surface area contributed by atoms with E-state index in [1.807, 2.05) is 91.9 Å². The van der Waals surface area contributed by atoms with Crippen LogP contribution < -0.4 is 15.6 Å². The molecule has 8 heteroatoms. The van der Waals surface area contributed by atoms with E-state index in [-0.39, 0.29) is 12.5 Å². The zero-order valence-electron chi connectivity index (χ0n) is 23.5. The Morgan fingerprint density at radius 1 is 0.952 bits per heavy atom. The first-order valence-corrected chi connectivity index (χ1v) is 14.9. The lowest BCUT2D eigenvalue weighted by atomic mass is 9.86. The number of hydrogen-bond donors (Lipinski definition) is 3. The summed E-state index contributed by atoms with van der Waals surface area (Å²) in [5.41, 5.74) is 7.75. The van der Waals surface area contributed by atoms with Crippen molar-refractivity contribution in [3.8, 4) is 5.75 Å². The summed E-state index contributed by atoms with van der Waals surface area (Å²) in [6.07, 6.45) is 0.447. The van der Waals surface area contributed by atoms with E-state index in [0.29, 0.717) is 37.6 Å². The van der Waals surface area contributed by atoms with Crippen LogP contribution in [0.1, 0.15) is 30.0 Å². The van der Waals surface area contributed by atoms with Gasteiger partial charge in [0.1, 0.15) is 11.9 Å². The molecule has 0 spiro atoms. The maximum atomic E-state index is 13.9. The predicted molar refractivity (Wildman–Crippen MR) is 166 cm³/mol. The first-order valence-electron chi connectivity index (χ1n) is 14.1. The van der Waals surface area contributed by atoms with Gasteiger partial charge in [-0.05, 0) is 60.5 Å². The third-order valence-electron chi connectivity index (χ3n) is 7.07. The molecule has 1 amide bonds. The number of ether oxygens (including phenoxy) is 2. The van der Waals surface area contributed by atoms with Gasteiger partial charge in [-0.25, -0.2) is 10.4 Å². The highest BCUT2D eigenvalue weighted by Crippen LogP contribution is 2.33. The highest BCUT2D eigenvalue weighted by Gasteiger charge is 2.50. The average molecular weight is 582 g/mol. The number of amides is 1. The zero-order valence-corrected chi connectivity index (χ0v) is 24.3. The molecule has 0 aromatic heterocycles. The van der Waals surface area contributed by atoms with Crippen molar-refractivity contribution in [2.24, 2.45) is 4.99 Å². The molecular formula is C34H35N3O4S. The topological polar surface area (TPSA) is 92.2 Å². The average Bonchev–Trinajstić information content (AvgIpc) is 3.36. The molecular weight excluding hydrogens is 546 g/mol. The van der Waals surface area contributed by atoms with Crippen molar-refractivity contribution in [3.05, 3.63) is 126 Å². The number of nitrogens with one attached hydrogen (secondary N) is 2. The molecule has 0 saturated heterocycles. The lowest BCUT2D eigenvalue weighted by molar-refractivity contribution is -0.129. The van der Waals surface area contributed by atoms with Gasteiger partial charge in [0.15, 0.2) is 5.54 Å². The van der Waals surface area contributed by atoms with Crippen molar-refractivity contribution in [1.82, 2.24) is 10.9 Å². The summed E-state index contributed by atoms with van der Waals surface area (Å²) in [7, 11) is 0. The molecule has 0 bridgehead atoms. The minimum absolute atomic E-state index is 0.0835. The third-order valence-corrected chi connectivity index (χ3v) is 8.19. The van der Waals surface area contributed by atoms with Crippen LogP contribution in [0.4, 0.5) is 0 Å². The summed E-state index contributed by atoms with van der Waals surface area (Å²) < 4.78 is 11.9. The fourth-order valence-electron chi connectivity index (χ4n) is 4.74. The lowest BCUT2D eigenvalue weighted by Crippen LogP contribution is -2.55. The standard InChI is InChI=1S/C34H35N3O4S/c1-25-34(23-26-11-4-2-5-12-26,36-32(41-25)27-17-19-29(20-18-27)40-22-10-21-38)33(39)37-35-24-28-13-8-9-16-31(28)42-30-14-6-3-7-15-30/h2-9,11-20,25,35,38H,10,21-24H2,1H3,(H,37,39)/t25-,34-/m0/s1. The number of benzene rings is 4. The molecule has 1 heterocycles. The Labute approximate surface area is 251 Å². The zero-order chi connectivity index (χ0) is 29.2. The number of carbonyl (C=O) groups is 1. The second kappa shape index (κ2) is 14.2. The number of aliphatic hydroxyl groups is 1. The van der Waals surface area contributed by atoms with E-state index < -0.39 is 11.6 Å². The van der Waals surface area contributed by atoms with Crippen molar-refractivity contribution in [2.75, 3.05) is 13.2 Å². The Hall–Kier alpha value is -4.11. The van der Waals surface area contributed by atoms with Crippen LogP contribution in [0.5, 0.6) is 5.75 Å². The summed E-state index contributed by atoms with van der Waals surface area (Å²) >= 11 is 1.69. The minimum atomic E-state index is -1.17. The summed E-state index contributed by atoms with van der Waals surface area (Å²) in [4.78, 5) is 21.1. The van der Waals surface area contributed by atoms with E-state index >= 15 is 0 Å². The van der Waals surface area contributed by atoms with Gasteiger partial charge < -0.3 is 14.6 Å². The first-order chi connectivity index (χ1) is 20.6. The maximum absolute atomic E-state index is 13.9. The SMILES string of the molecule is C[C@@H]1OC(c2ccc(OCCCO)cc2)=N[C@]1(Cc1ccccc1)C(=O)NNCc1ccccc1Sc1ccccc1. The first kappa shape index (κ1) is 29.4. The van der Waals surface area contributed by atoms with Crippen molar-refractivity contribution < 1.29 is 19.4 Å². The number of nitrogens with zero attached hydrogens (tertiary/aromatic N) is 1. The number of hydrogen-bond acceptors (Lipinski definition) is 7. The predicted octanol–water partition coefficient (Wildman–Crippen LogP) is 5.57. The molecule has 1 aliphatic heterocycles. The van der Waals surface area contributed by atoms with Gasteiger partial charge in [-0.3, -0.25) is 10.2 Å². The van der Waals surface area contributed by atoms with Crippen molar-refractivity contribution in [3.63, 3.8) is 0 Å². The number of rotatable bonds is 13. The van der Waals surface area contributed by atoms with E-state index in [9.17, 15) is 4.79 Å². The largest absolute Gasteiger partial charge is 0.494 e. The molecule has 42 heavy (non-hydrogen) atoms. The molecule has 1 aliphatic rings. The smallest absolute Gasteiger partial charge is 0.266 e. The fourth-order valence-corrected chi connectivity index (χ4v) is 5.71. The van der Waals surface area contributed by atoms with Gasteiger partial charge in [0, 0.05) is 41.3 Å². The number of hydrazine groups is 1. The van der Waals surface area contributed by atoms with Gasteiger partial charge in [-0.1, -0.05) is 78.5 Å². The van der Waals surface area contributed by atoms with E-state index in [1.54, 1.807) is 11.8 Å². The highest BCUT2D eigenvalue weighted by molar-refractivity contribution is 7.99. The fraction of sp³-hybridized carbons (Fsp3) is 0.235. The van der Waals surface area contributed by atoms with Crippen LogP contribution in [-0.4, -0.2) is 41.8 Å². The van der Waals surface area contributed by atoms with Gasteiger partial charge in [0.05, 0.1) is 6.61 Å². The molecule has 0 saturated carbocycles. The van der Waals surface area contributed by atoms with Crippen molar-refractivity contribution in [2.45, 2.75) is 47.7 Å². The van der Waals surface area contributed by atoms with Gasteiger partial charge in [-0.2, -0.15) is 0 Å². The van der Waals surface area contributed by atoms with Crippen molar-refractivity contribution in [1.29, 1.82) is 0 Å². The molecule has 0 aliphatic carbocycles. The molecule has 216 valence electrons. The van der Waals surface area contributed by atoms with Crippen LogP contribution in [0.2, 0.25) is 0 Å². The summed E-state index contributed by atoms with van der Waals surface area (Å²) in [5.74, 6) is 0.855. The molecule has 4 aromatic carbocycles. The normalized spacial score (nSPS) is 17.8. The maximum Gasteiger partial charge on any atom is 0.266 e. The molecule has 3 N–H and O–H groups in total. The van der Waals surface area contributed by atoms with E-state index in [0.717, 1.165) is 26.5 Å². The van der Waals surface area contributed by atoms with E-state index in [4.69, 9.17) is 19.6 Å². The van der Waals surface area contributed by atoms with Crippen LogP contribution in [0.3, 0.4) is 0 Å². The second-order valence-corrected chi connectivity index (χ2v) is 11.2. The minimum Gasteiger partial charge on any atom is -0.494 e. The van der Waals surface area contributed by atoms with Gasteiger partial charge in [0.2, 0.25) is 5.90 Å². The number of aliphatic imine (C=N–C) groups is 1. The molecule has 4 aromatic rings. The Bertz CT molecular complexity index is 1480. The Morgan fingerprint density at radius 2 is 1.64 bits per heavy atom. The van der Waals surface area contributed by atoms with Gasteiger partial charge in [-0.15, -0.1) is 0 Å².